The number of carbonyl (C=O) groups excluding carboxylic acids is 1. The summed E-state index contributed by atoms with van der Waals surface area (Å²) in [7, 11) is 0. The minimum atomic E-state index is -1.78. The summed E-state index contributed by atoms with van der Waals surface area (Å²) in [6, 6.07) is 14.6. The van der Waals surface area contributed by atoms with Crippen LogP contribution in [0.1, 0.15) is 23.1 Å². The smallest absolute Gasteiger partial charge is 0.254 e. The van der Waals surface area contributed by atoms with Crippen LogP contribution in [0.3, 0.4) is 0 Å². The number of benzene rings is 2. The first-order valence-corrected chi connectivity index (χ1v) is 8.15. The van der Waals surface area contributed by atoms with E-state index >= 15 is 0 Å². The average Bonchev–Trinajstić information content (AvgIpc) is 2.58. The predicted molar refractivity (Wildman–Crippen MR) is 96.0 cm³/mol. The number of aryl methyl sites for hydroxylation is 1. The Morgan fingerprint density at radius 2 is 1.83 bits per heavy atom. The maximum Gasteiger partial charge on any atom is 0.254 e. The molecule has 0 spiro atoms. The molecule has 0 aromatic heterocycles. The third kappa shape index (κ3) is 2.68. The number of para-hydroxylation sites is 1. The van der Waals surface area contributed by atoms with Crippen molar-refractivity contribution in [1.82, 2.24) is 0 Å². The lowest BCUT2D eigenvalue weighted by Gasteiger charge is -2.37. The Balaban J connectivity index is 1.97. The molecule has 2 atom stereocenters. The predicted octanol–water partition coefficient (Wildman–Crippen LogP) is 2.78. The van der Waals surface area contributed by atoms with E-state index in [1.165, 1.54) is 0 Å². The van der Waals surface area contributed by atoms with Crippen LogP contribution < -0.4 is 11.5 Å². The van der Waals surface area contributed by atoms with Crippen LogP contribution in [0.4, 0.5) is 5.69 Å². The van der Waals surface area contributed by atoms with Gasteiger partial charge in [-0.25, -0.2) is 0 Å². The highest BCUT2D eigenvalue weighted by atomic mass is 35.5. The summed E-state index contributed by atoms with van der Waals surface area (Å²) < 4.78 is 0. The van der Waals surface area contributed by atoms with E-state index in [0.717, 1.165) is 5.56 Å². The molecule has 0 heterocycles. The number of fused-ring (bicyclic) bond motifs is 1. The lowest BCUT2D eigenvalue weighted by atomic mass is 9.72. The van der Waals surface area contributed by atoms with Gasteiger partial charge in [0.2, 0.25) is 0 Å². The number of rotatable bonds is 4. The summed E-state index contributed by atoms with van der Waals surface area (Å²) in [5, 5.41) is 11.6. The standard InChI is InChI=1S/C19H19ClN2O2/c20-16-11-13(10-9-12-5-1-4-8-17(12)21)19(24,18(22)23)15-7-3-2-6-14(15)16/h1-8,11,13,24H,9-10,21H2,(H2,22,23). The summed E-state index contributed by atoms with van der Waals surface area (Å²) in [5.74, 6) is -1.29. The van der Waals surface area contributed by atoms with Gasteiger partial charge in [0.05, 0.1) is 0 Å². The summed E-state index contributed by atoms with van der Waals surface area (Å²) in [5.41, 5.74) is 12.5. The van der Waals surface area contributed by atoms with Crippen LogP contribution in [0.2, 0.25) is 0 Å². The summed E-state index contributed by atoms with van der Waals surface area (Å²) >= 11 is 6.36. The Kier molecular flexibility index (Phi) is 4.35. The Morgan fingerprint density at radius 3 is 2.54 bits per heavy atom. The number of hydrogen-bond acceptors (Lipinski definition) is 3. The molecule has 2 aromatic rings. The first-order valence-electron chi connectivity index (χ1n) is 7.77. The van der Waals surface area contributed by atoms with Gasteiger partial charge in [0.1, 0.15) is 0 Å². The zero-order valence-corrected chi connectivity index (χ0v) is 13.8. The molecule has 1 aliphatic rings. The van der Waals surface area contributed by atoms with Gasteiger partial charge in [0, 0.05) is 22.2 Å². The lowest BCUT2D eigenvalue weighted by molar-refractivity contribution is -0.142. The Hall–Kier alpha value is -2.30. The molecular weight excluding hydrogens is 324 g/mol. The maximum absolute atomic E-state index is 12.1. The number of nitrogens with two attached hydrogens (primary N) is 2. The van der Waals surface area contributed by atoms with E-state index in [2.05, 4.69) is 0 Å². The Labute approximate surface area is 145 Å². The summed E-state index contributed by atoms with van der Waals surface area (Å²) in [6.07, 6.45) is 2.82. The van der Waals surface area contributed by atoms with Gasteiger partial charge in [-0.05, 0) is 30.0 Å². The number of amides is 1. The van der Waals surface area contributed by atoms with E-state index in [1.807, 2.05) is 30.3 Å². The molecule has 4 nitrogen and oxygen atoms in total. The van der Waals surface area contributed by atoms with Crippen molar-refractivity contribution in [3.05, 3.63) is 71.3 Å². The minimum absolute atomic E-state index is 0.455. The number of nitrogen functional groups attached to an aromatic ring is 1. The highest BCUT2D eigenvalue weighted by Gasteiger charge is 2.46. The highest BCUT2D eigenvalue weighted by molar-refractivity contribution is 6.49. The Bertz CT molecular complexity index is 819. The van der Waals surface area contributed by atoms with Crippen molar-refractivity contribution in [1.29, 1.82) is 0 Å². The van der Waals surface area contributed by atoms with Gasteiger partial charge in [0.15, 0.2) is 5.60 Å². The van der Waals surface area contributed by atoms with E-state index in [4.69, 9.17) is 23.1 Å². The van der Waals surface area contributed by atoms with E-state index in [1.54, 1.807) is 24.3 Å². The molecule has 0 saturated carbocycles. The molecule has 0 fully saturated rings. The number of halogens is 1. The van der Waals surface area contributed by atoms with Crippen molar-refractivity contribution in [2.75, 3.05) is 5.73 Å². The van der Waals surface area contributed by atoms with Crippen LogP contribution in [0.15, 0.2) is 54.6 Å². The van der Waals surface area contributed by atoms with Crippen LogP contribution in [0.5, 0.6) is 0 Å². The Morgan fingerprint density at radius 1 is 1.17 bits per heavy atom. The van der Waals surface area contributed by atoms with Crippen molar-refractivity contribution < 1.29 is 9.90 Å². The van der Waals surface area contributed by atoms with Gasteiger partial charge >= 0.3 is 0 Å². The molecule has 5 heteroatoms. The fourth-order valence-electron chi connectivity index (χ4n) is 3.29. The SMILES string of the molecule is NC(=O)C1(O)c2ccccc2C(Cl)=CC1CCc1ccccc1N. The monoisotopic (exact) mass is 342 g/mol. The first kappa shape index (κ1) is 16.6. The molecule has 3 rings (SSSR count). The minimum Gasteiger partial charge on any atom is -0.399 e. The van der Waals surface area contributed by atoms with Gasteiger partial charge in [-0.3, -0.25) is 4.79 Å². The van der Waals surface area contributed by atoms with Crippen molar-refractivity contribution in [2.45, 2.75) is 18.4 Å². The van der Waals surface area contributed by atoms with E-state index < -0.39 is 17.4 Å². The van der Waals surface area contributed by atoms with Gasteiger partial charge in [-0.1, -0.05) is 60.1 Å². The zero-order chi connectivity index (χ0) is 17.3. The van der Waals surface area contributed by atoms with Crippen molar-refractivity contribution >= 4 is 28.2 Å². The van der Waals surface area contributed by atoms with E-state index in [-0.39, 0.29) is 0 Å². The van der Waals surface area contributed by atoms with Crippen LogP contribution in [0.25, 0.3) is 5.03 Å². The number of aliphatic hydroxyl groups is 1. The quantitative estimate of drug-likeness (QED) is 0.746. The van der Waals surface area contributed by atoms with Crippen LogP contribution in [-0.4, -0.2) is 11.0 Å². The molecule has 2 unspecified atom stereocenters. The third-order valence-electron chi connectivity index (χ3n) is 4.63. The molecule has 124 valence electrons. The molecule has 1 amide bonds. The number of primary amides is 1. The molecule has 2 aromatic carbocycles. The molecule has 0 radical (unpaired) electrons. The zero-order valence-electron chi connectivity index (χ0n) is 13.1. The largest absolute Gasteiger partial charge is 0.399 e. The maximum atomic E-state index is 12.1. The molecule has 0 aliphatic heterocycles. The van der Waals surface area contributed by atoms with E-state index in [9.17, 15) is 9.90 Å². The fraction of sp³-hybridized carbons (Fsp3) is 0.211. The lowest BCUT2D eigenvalue weighted by Crippen LogP contribution is -2.48. The second-order valence-electron chi connectivity index (χ2n) is 6.03. The molecule has 0 bridgehead atoms. The molecule has 5 N–H and O–H groups in total. The molecule has 24 heavy (non-hydrogen) atoms. The second-order valence-corrected chi connectivity index (χ2v) is 6.44. The molecular formula is C19H19ClN2O2. The van der Waals surface area contributed by atoms with Crippen LogP contribution in [-0.2, 0) is 16.8 Å². The third-order valence-corrected chi connectivity index (χ3v) is 4.96. The molecule has 1 aliphatic carbocycles. The van der Waals surface area contributed by atoms with Crippen molar-refractivity contribution in [3.63, 3.8) is 0 Å². The van der Waals surface area contributed by atoms with Crippen LogP contribution >= 0.6 is 11.6 Å². The second kappa shape index (κ2) is 6.30. The van der Waals surface area contributed by atoms with Crippen molar-refractivity contribution in [3.8, 4) is 0 Å². The van der Waals surface area contributed by atoms with Crippen LogP contribution in [0, 0.1) is 5.92 Å². The van der Waals surface area contributed by atoms with E-state index in [0.29, 0.717) is 34.7 Å². The van der Waals surface area contributed by atoms with Crippen molar-refractivity contribution in [2.24, 2.45) is 11.7 Å². The number of anilines is 1. The van der Waals surface area contributed by atoms with Gasteiger partial charge in [0.25, 0.3) is 5.91 Å². The summed E-state index contributed by atoms with van der Waals surface area (Å²) in [4.78, 5) is 12.1. The van der Waals surface area contributed by atoms with Gasteiger partial charge in [-0.2, -0.15) is 0 Å². The normalized spacial score (nSPS) is 22.6. The number of hydrogen-bond donors (Lipinski definition) is 3. The average molecular weight is 343 g/mol. The summed E-state index contributed by atoms with van der Waals surface area (Å²) in [6.45, 7) is 0. The number of carbonyl (C=O) groups is 1. The molecule has 0 saturated heterocycles. The topological polar surface area (TPSA) is 89.3 Å². The highest BCUT2D eigenvalue weighted by Crippen LogP contribution is 2.44. The van der Waals surface area contributed by atoms with Gasteiger partial charge < -0.3 is 16.6 Å². The van der Waals surface area contributed by atoms with Gasteiger partial charge in [-0.15, -0.1) is 0 Å². The fourth-order valence-corrected chi connectivity index (χ4v) is 3.61. The first-order chi connectivity index (χ1) is 11.4.